The lowest BCUT2D eigenvalue weighted by Crippen LogP contribution is -2.21. The molecule has 3 N–H and O–H groups in total. The summed E-state index contributed by atoms with van der Waals surface area (Å²) in [5, 5.41) is 4.05. The largest absolute Gasteiger partial charge is 0.396 e. The molecule has 0 spiro atoms. The fraction of sp³-hybridized carbons (Fsp3) is 0.133. The quantitative estimate of drug-likeness (QED) is 0.625. The van der Waals surface area contributed by atoms with Gasteiger partial charge in [0.15, 0.2) is 10.8 Å². The third-order valence-electron chi connectivity index (χ3n) is 3.54. The number of nitrogens with two attached hydrogens (primary N) is 1. The van der Waals surface area contributed by atoms with Crippen molar-refractivity contribution in [3.63, 3.8) is 0 Å². The zero-order chi connectivity index (χ0) is 16.6. The lowest BCUT2D eigenvalue weighted by molar-refractivity contribution is 0.0950. The Balaban J connectivity index is 1.86. The van der Waals surface area contributed by atoms with Gasteiger partial charge in [-0.05, 0) is 18.4 Å². The molecule has 1 aliphatic carbocycles. The average Bonchev–Trinajstić information content (AvgIpc) is 2.97. The minimum Gasteiger partial charge on any atom is -0.396 e. The summed E-state index contributed by atoms with van der Waals surface area (Å²) < 4.78 is 0. The third-order valence-corrected chi connectivity index (χ3v) is 4.67. The van der Waals surface area contributed by atoms with Crippen molar-refractivity contribution in [1.29, 1.82) is 0 Å². The number of pyridine rings is 1. The SMILES string of the molecule is Nc1c(Cl)c(Cl)nc(C(=O)N/N=C2/CCc3ccccc32)c1Cl. The standard InChI is InChI=1S/C15H11Cl3N4O/c16-10-12(19)11(17)14(18)20-13(10)15(23)22-21-9-6-5-7-3-1-2-4-8(7)9/h1-4H,5-6H2,(H2,19,20)(H,22,23)/b21-9-. The Kier molecular flexibility index (Phi) is 4.43. The van der Waals surface area contributed by atoms with Crippen molar-refractivity contribution in [1.82, 2.24) is 10.4 Å². The Morgan fingerprint density at radius 2 is 1.91 bits per heavy atom. The molecule has 1 heterocycles. The number of anilines is 1. The van der Waals surface area contributed by atoms with E-state index in [1.165, 1.54) is 5.56 Å². The second-order valence-corrected chi connectivity index (χ2v) is 6.06. The molecule has 8 heteroatoms. The molecule has 2 aromatic rings. The summed E-state index contributed by atoms with van der Waals surface area (Å²) in [6.45, 7) is 0. The fourth-order valence-electron chi connectivity index (χ4n) is 2.38. The van der Waals surface area contributed by atoms with Crippen LogP contribution >= 0.6 is 34.8 Å². The van der Waals surface area contributed by atoms with Gasteiger partial charge in [0.25, 0.3) is 5.91 Å². The van der Waals surface area contributed by atoms with Gasteiger partial charge in [-0.25, -0.2) is 10.4 Å². The monoisotopic (exact) mass is 368 g/mol. The van der Waals surface area contributed by atoms with Crippen molar-refractivity contribution in [2.75, 3.05) is 5.73 Å². The summed E-state index contributed by atoms with van der Waals surface area (Å²) in [6, 6.07) is 7.91. The Hall–Kier alpha value is -1.82. The minimum atomic E-state index is -0.600. The second kappa shape index (κ2) is 6.35. The first-order valence-electron chi connectivity index (χ1n) is 6.74. The predicted molar refractivity (Wildman–Crippen MR) is 92.4 cm³/mol. The minimum absolute atomic E-state index is 0.0114. The number of aromatic nitrogens is 1. The fourth-order valence-corrected chi connectivity index (χ4v) is 2.97. The number of hydrazone groups is 1. The van der Waals surface area contributed by atoms with Gasteiger partial charge in [0.2, 0.25) is 0 Å². The van der Waals surface area contributed by atoms with Gasteiger partial charge in [-0.2, -0.15) is 5.10 Å². The number of benzene rings is 1. The third kappa shape index (κ3) is 3.00. The predicted octanol–water partition coefficient (Wildman–Crippen LogP) is 3.70. The van der Waals surface area contributed by atoms with Gasteiger partial charge in [-0.15, -0.1) is 0 Å². The number of carbonyl (C=O) groups excluding carboxylic acids is 1. The van der Waals surface area contributed by atoms with E-state index in [9.17, 15) is 4.79 Å². The van der Waals surface area contributed by atoms with Gasteiger partial charge in [-0.3, -0.25) is 4.79 Å². The Morgan fingerprint density at radius 1 is 1.17 bits per heavy atom. The van der Waals surface area contributed by atoms with Crippen molar-refractivity contribution in [2.24, 2.45) is 5.10 Å². The molecule has 0 saturated heterocycles. The lowest BCUT2D eigenvalue weighted by Gasteiger charge is -2.08. The molecule has 0 aliphatic heterocycles. The van der Waals surface area contributed by atoms with Crippen LogP contribution in [0, 0.1) is 0 Å². The summed E-state index contributed by atoms with van der Waals surface area (Å²) in [5.74, 6) is -0.600. The van der Waals surface area contributed by atoms with E-state index in [0.29, 0.717) is 0 Å². The highest BCUT2D eigenvalue weighted by Gasteiger charge is 2.21. The zero-order valence-electron chi connectivity index (χ0n) is 11.7. The van der Waals surface area contributed by atoms with Crippen molar-refractivity contribution in [2.45, 2.75) is 12.8 Å². The highest BCUT2D eigenvalue weighted by Crippen LogP contribution is 2.34. The van der Waals surface area contributed by atoms with Gasteiger partial charge in [0.05, 0.1) is 16.4 Å². The molecule has 0 bridgehead atoms. The van der Waals surface area contributed by atoms with E-state index >= 15 is 0 Å². The van der Waals surface area contributed by atoms with Crippen LogP contribution in [0.25, 0.3) is 0 Å². The number of rotatable bonds is 2. The van der Waals surface area contributed by atoms with Gasteiger partial charge in [-0.1, -0.05) is 59.1 Å². The topological polar surface area (TPSA) is 80.4 Å². The van der Waals surface area contributed by atoms with E-state index in [2.05, 4.69) is 15.5 Å². The van der Waals surface area contributed by atoms with E-state index in [1.54, 1.807) is 0 Å². The maximum atomic E-state index is 12.2. The first kappa shape index (κ1) is 16.1. The first-order chi connectivity index (χ1) is 11.0. The van der Waals surface area contributed by atoms with Crippen LogP contribution in [0.1, 0.15) is 28.0 Å². The molecule has 3 rings (SSSR count). The molecule has 1 aromatic carbocycles. The first-order valence-corrected chi connectivity index (χ1v) is 7.87. The van der Waals surface area contributed by atoms with Crippen LogP contribution in [0.2, 0.25) is 15.2 Å². The van der Waals surface area contributed by atoms with Crippen LogP contribution in [-0.4, -0.2) is 16.6 Å². The van der Waals surface area contributed by atoms with Gasteiger partial charge in [0, 0.05) is 5.56 Å². The highest BCUT2D eigenvalue weighted by atomic mass is 35.5. The second-order valence-electron chi connectivity index (χ2n) is 4.95. The molecule has 118 valence electrons. The maximum Gasteiger partial charge on any atom is 0.291 e. The molecule has 23 heavy (non-hydrogen) atoms. The van der Waals surface area contributed by atoms with Crippen molar-refractivity contribution >= 4 is 52.1 Å². The van der Waals surface area contributed by atoms with Crippen LogP contribution in [0.3, 0.4) is 0 Å². The van der Waals surface area contributed by atoms with Gasteiger partial charge >= 0.3 is 0 Å². The number of amides is 1. The van der Waals surface area contributed by atoms with E-state index in [1.807, 2.05) is 24.3 Å². The zero-order valence-corrected chi connectivity index (χ0v) is 14.0. The van der Waals surface area contributed by atoms with Crippen molar-refractivity contribution < 1.29 is 4.79 Å². The number of fused-ring (bicyclic) bond motifs is 1. The van der Waals surface area contributed by atoms with Crippen LogP contribution in [0.4, 0.5) is 5.69 Å². The molecule has 5 nitrogen and oxygen atoms in total. The molecule has 0 fully saturated rings. The summed E-state index contributed by atoms with van der Waals surface area (Å²) in [6.07, 6.45) is 1.65. The Bertz CT molecular complexity index is 836. The number of hydrogen-bond donors (Lipinski definition) is 2. The number of aryl methyl sites for hydroxylation is 1. The smallest absolute Gasteiger partial charge is 0.291 e. The summed E-state index contributed by atoms with van der Waals surface area (Å²) >= 11 is 17.7. The van der Waals surface area contributed by atoms with Gasteiger partial charge in [0.1, 0.15) is 5.02 Å². The molecule has 0 unspecified atom stereocenters. The molecular formula is C15H11Cl3N4O. The van der Waals surface area contributed by atoms with Crippen molar-refractivity contribution in [3.8, 4) is 0 Å². The van der Waals surface area contributed by atoms with Crippen LogP contribution in [0.5, 0.6) is 0 Å². The van der Waals surface area contributed by atoms with Crippen LogP contribution in [0.15, 0.2) is 29.4 Å². The lowest BCUT2D eigenvalue weighted by atomic mass is 10.1. The normalized spacial score (nSPS) is 14.8. The van der Waals surface area contributed by atoms with E-state index in [-0.39, 0.29) is 26.6 Å². The molecular weight excluding hydrogens is 359 g/mol. The number of halogens is 3. The number of carbonyl (C=O) groups is 1. The van der Waals surface area contributed by atoms with Crippen LogP contribution < -0.4 is 11.2 Å². The summed E-state index contributed by atoms with van der Waals surface area (Å²) in [5.41, 5.74) is 11.1. The Labute approximate surface area is 147 Å². The molecule has 0 radical (unpaired) electrons. The number of nitrogens with zero attached hydrogens (tertiary/aromatic N) is 2. The maximum absolute atomic E-state index is 12.2. The van der Waals surface area contributed by atoms with E-state index in [4.69, 9.17) is 40.5 Å². The van der Waals surface area contributed by atoms with E-state index < -0.39 is 5.91 Å². The van der Waals surface area contributed by atoms with Crippen molar-refractivity contribution in [3.05, 3.63) is 56.3 Å². The molecule has 0 saturated carbocycles. The highest BCUT2D eigenvalue weighted by molar-refractivity contribution is 6.46. The number of nitrogens with one attached hydrogen (secondary N) is 1. The number of hydrogen-bond acceptors (Lipinski definition) is 4. The Morgan fingerprint density at radius 3 is 2.70 bits per heavy atom. The average molecular weight is 370 g/mol. The van der Waals surface area contributed by atoms with Crippen LogP contribution in [-0.2, 0) is 6.42 Å². The summed E-state index contributed by atoms with van der Waals surface area (Å²) in [4.78, 5) is 16.1. The molecule has 1 amide bonds. The molecule has 1 aromatic heterocycles. The van der Waals surface area contributed by atoms with Gasteiger partial charge < -0.3 is 5.73 Å². The molecule has 0 atom stereocenters. The molecule has 1 aliphatic rings. The number of nitrogen functional groups attached to an aromatic ring is 1. The van der Waals surface area contributed by atoms with E-state index in [0.717, 1.165) is 24.1 Å². The summed E-state index contributed by atoms with van der Waals surface area (Å²) in [7, 11) is 0.